The number of nitrogens with one attached hydrogen (secondary N) is 1. The maximum absolute atomic E-state index is 12.3. The van der Waals surface area contributed by atoms with Crippen molar-refractivity contribution in [3.05, 3.63) is 35.3 Å². The first-order valence-corrected chi connectivity index (χ1v) is 6.89. The molecule has 0 unspecified atom stereocenters. The summed E-state index contributed by atoms with van der Waals surface area (Å²) in [5.74, 6) is -0.723. The largest absolute Gasteiger partial charge is 0.358 e. The minimum atomic E-state index is -1.05. The molecule has 0 radical (unpaired) electrons. The van der Waals surface area contributed by atoms with Gasteiger partial charge in [-0.15, -0.1) is 0 Å². The maximum atomic E-state index is 12.3. The number of hydrogen-bond donors (Lipinski definition) is 1. The lowest BCUT2D eigenvalue weighted by molar-refractivity contribution is -0.174. The molecule has 1 N–H and O–H groups in total. The van der Waals surface area contributed by atoms with Crippen molar-refractivity contribution in [2.45, 2.75) is 38.9 Å². The molecule has 0 aromatic carbocycles. The number of nitrogens with zero attached hydrogens (tertiary/aromatic N) is 1. The Labute approximate surface area is 128 Å². The van der Waals surface area contributed by atoms with Crippen molar-refractivity contribution in [3.63, 3.8) is 0 Å². The van der Waals surface area contributed by atoms with Crippen LogP contribution in [-0.4, -0.2) is 27.8 Å². The Kier molecular flexibility index (Phi) is 3.91. The highest BCUT2D eigenvalue weighted by atomic mass is 35.5. The highest BCUT2D eigenvalue weighted by Gasteiger charge is 2.49. The summed E-state index contributed by atoms with van der Waals surface area (Å²) in [4.78, 5) is 28.6. The predicted octanol–water partition coefficient (Wildman–Crippen LogP) is 2.76. The number of ketones is 2. The number of halogens is 1. The summed E-state index contributed by atoms with van der Waals surface area (Å²) >= 11 is 6.00. The molecule has 112 valence electrons. The fraction of sp³-hybridized carbons (Fsp3) is 0.400. The van der Waals surface area contributed by atoms with Crippen LogP contribution >= 0.6 is 11.6 Å². The lowest BCUT2D eigenvalue weighted by Gasteiger charge is -2.39. The van der Waals surface area contributed by atoms with Gasteiger partial charge >= 0.3 is 0 Å². The molecule has 1 aliphatic rings. The quantitative estimate of drug-likeness (QED) is 0.672. The van der Waals surface area contributed by atoms with E-state index >= 15 is 0 Å². The van der Waals surface area contributed by atoms with Crippen LogP contribution in [-0.2, 0) is 14.3 Å². The molecule has 0 bridgehead atoms. The molecule has 0 aliphatic carbocycles. The minimum absolute atomic E-state index is 0.0659. The van der Waals surface area contributed by atoms with Crippen molar-refractivity contribution < 1.29 is 14.3 Å². The Morgan fingerprint density at radius 3 is 2.29 bits per heavy atom. The summed E-state index contributed by atoms with van der Waals surface area (Å²) in [6.07, 6.45) is 4.45. The summed E-state index contributed by atoms with van der Waals surface area (Å²) in [6.45, 7) is 6.59. The van der Waals surface area contributed by atoms with Gasteiger partial charge in [-0.1, -0.05) is 11.6 Å². The molecule has 0 saturated carbocycles. The number of carbonyl (C=O) groups excluding carboxylic acids is 2. The number of ether oxygens (including phenoxy) is 1. The molecule has 1 fully saturated rings. The van der Waals surface area contributed by atoms with Crippen LogP contribution in [0.15, 0.2) is 30.2 Å². The van der Waals surface area contributed by atoms with Crippen molar-refractivity contribution >= 4 is 28.9 Å². The molecule has 2 rings (SSSR count). The highest BCUT2D eigenvalue weighted by Crippen LogP contribution is 2.33. The molecule has 6 heteroatoms. The molecule has 1 aliphatic heterocycles. The van der Waals surface area contributed by atoms with E-state index in [1.165, 1.54) is 12.4 Å². The van der Waals surface area contributed by atoms with Crippen LogP contribution in [0.2, 0.25) is 5.02 Å². The Balaban J connectivity index is 2.36. The Hall–Kier alpha value is -1.72. The summed E-state index contributed by atoms with van der Waals surface area (Å²) in [5.41, 5.74) is -1.52. The molecule has 5 nitrogen and oxygen atoms in total. The molecule has 0 atom stereocenters. The fourth-order valence-corrected chi connectivity index (χ4v) is 2.41. The number of hydrogen-bond acceptors (Lipinski definition) is 5. The molecular weight excluding hydrogens is 292 g/mol. The van der Waals surface area contributed by atoms with Crippen molar-refractivity contribution in [2.75, 3.05) is 5.32 Å². The van der Waals surface area contributed by atoms with E-state index in [4.69, 9.17) is 16.3 Å². The van der Waals surface area contributed by atoms with Crippen LogP contribution in [0.4, 0.5) is 5.69 Å². The molecule has 1 aromatic rings. The molecule has 1 aromatic heterocycles. The van der Waals surface area contributed by atoms with Gasteiger partial charge in [0.05, 0.1) is 22.5 Å². The first kappa shape index (κ1) is 15.7. The number of Topliss-reactive ketones (excluding diaryl/α,β-unsaturated/α-hetero) is 2. The number of anilines is 1. The highest BCUT2D eigenvalue weighted by molar-refractivity contribution is 6.33. The van der Waals surface area contributed by atoms with Crippen molar-refractivity contribution in [2.24, 2.45) is 0 Å². The van der Waals surface area contributed by atoms with Crippen LogP contribution < -0.4 is 5.32 Å². The van der Waals surface area contributed by atoms with Crippen LogP contribution in [0.25, 0.3) is 0 Å². The van der Waals surface area contributed by atoms with E-state index in [9.17, 15) is 9.59 Å². The third-order valence-corrected chi connectivity index (χ3v) is 3.56. The Morgan fingerprint density at radius 1 is 1.19 bits per heavy atom. The van der Waals surface area contributed by atoms with Crippen LogP contribution in [0.5, 0.6) is 0 Å². The second kappa shape index (κ2) is 5.24. The monoisotopic (exact) mass is 308 g/mol. The number of rotatable bonds is 2. The van der Waals surface area contributed by atoms with Gasteiger partial charge in [-0.05, 0) is 33.8 Å². The van der Waals surface area contributed by atoms with Crippen molar-refractivity contribution in [3.8, 4) is 0 Å². The predicted molar refractivity (Wildman–Crippen MR) is 80.2 cm³/mol. The van der Waals surface area contributed by atoms with E-state index < -0.39 is 11.2 Å². The van der Waals surface area contributed by atoms with Crippen molar-refractivity contribution in [1.82, 2.24) is 4.98 Å². The zero-order valence-electron chi connectivity index (χ0n) is 12.4. The fourth-order valence-electron chi connectivity index (χ4n) is 2.25. The van der Waals surface area contributed by atoms with Gasteiger partial charge in [0.15, 0.2) is 11.6 Å². The first-order chi connectivity index (χ1) is 9.65. The zero-order chi connectivity index (χ0) is 15.8. The maximum Gasteiger partial charge on any atom is 0.199 e. The van der Waals surface area contributed by atoms with E-state index in [-0.39, 0.29) is 17.1 Å². The van der Waals surface area contributed by atoms with E-state index in [0.717, 1.165) is 0 Å². The van der Waals surface area contributed by atoms with E-state index in [1.54, 1.807) is 40.0 Å². The summed E-state index contributed by atoms with van der Waals surface area (Å²) in [5, 5.41) is 3.32. The SMILES string of the molecule is CC1(C)OC(C)(C)C(=O)C(=CNc2cnccc2Cl)C1=O. The van der Waals surface area contributed by atoms with Gasteiger partial charge in [-0.3, -0.25) is 14.6 Å². The Bertz CT molecular complexity index is 608. The van der Waals surface area contributed by atoms with Gasteiger partial charge in [0.2, 0.25) is 0 Å². The smallest absolute Gasteiger partial charge is 0.199 e. The standard InChI is InChI=1S/C15H17ClN2O3/c1-14(2)12(19)9(13(20)15(3,4)21-14)7-18-11-8-17-6-5-10(11)16/h5-8,18H,1-4H3. The molecule has 21 heavy (non-hydrogen) atoms. The second-order valence-electron chi connectivity index (χ2n) is 5.84. The zero-order valence-corrected chi connectivity index (χ0v) is 13.1. The van der Waals surface area contributed by atoms with Crippen LogP contribution in [0.1, 0.15) is 27.7 Å². The molecule has 1 saturated heterocycles. The molecule has 2 heterocycles. The average molecular weight is 309 g/mol. The number of aromatic nitrogens is 1. The summed E-state index contributed by atoms with van der Waals surface area (Å²) in [6, 6.07) is 1.61. The average Bonchev–Trinajstić information content (AvgIpc) is 2.38. The number of carbonyl (C=O) groups is 2. The van der Waals surface area contributed by atoms with Gasteiger partial charge in [0, 0.05) is 12.4 Å². The Morgan fingerprint density at radius 2 is 1.76 bits per heavy atom. The second-order valence-corrected chi connectivity index (χ2v) is 6.25. The van der Waals surface area contributed by atoms with Crippen LogP contribution in [0.3, 0.4) is 0 Å². The third-order valence-electron chi connectivity index (χ3n) is 3.23. The van der Waals surface area contributed by atoms with Gasteiger partial charge < -0.3 is 10.1 Å². The van der Waals surface area contributed by atoms with E-state index in [2.05, 4.69) is 10.3 Å². The van der Waals surface area contributed by atoms with Crippen molar-refractivity contribution in [1.29, 1.82) is 0 Å². The lowest BCUT2D eigenvalue weighted by atomic mass is 9.83. The van der Waals surface area contributed by atoms with Gasteiger partial charge in [-0.2, -0.15) is 0 Å². The summed E-state index contributed by atoms with van der Waals surface area (Å²) in [7, 11) is 0. The van der Waals surface area contributed by atoms with Gasteiger partial charge in [-0.25, -0.2) is 0 Å². The minimum Gasteiger partial charge on any atom is -0.358 e. The number of pyridine rings is 1. The molecule has 0 amide bonds. The third kappa shape index (κ3) is 2.99. The molecular formula is C15H17ClN2O3. The van der Waals surface area contributed by atoms with E-state index in [0.29, 0.717) is 10.7 Å². The first-order valence-electron chi connectivity index (χ1n) is 6.51. The normalized spacial score (nSPS) is 20.3. The summed E-state index contributed by atoms with van der Waals surface area (Å²) < 4.78 is 5.59. The topological polar surface area (TPSA) is 68.3 Å². The van der Waals surface area contributed by atoms with E-state index in [1.807, 2.05) is 0 Å². The van der Waals surface area contributed by atoms with Gasteiger partial charge in [0.25, 0.3) is 0 Å². The molecule has 0 spiro atoms. The van der Waals surface area contributed by atoms with Crippen LogP contribution in [0, 0.1) is 0 Å². The lowest BCUT2D eigenvalue weighted by Crippen LogP contribution is -2.55. The van der Waals surface area contributed by atoms with Gasteiger partial charge in [0.1, 0.15) is 11.2 Å².